The van der Waals surface area contributed by atoms with Gasteiger partial charge in [0.15, 0.2) is 0 Å². The van der Waals surface area contributed by atoms with Gasteiger partial charge in [0.1, 0.15) is 0 Å². The highest BCUT2D eigenvalue weighted by Gasteiger charge is 2.38. The van der Waals surface area contributed by atoms with Crippen molar-refractivity contribution in [3.05, 3.63) is 12.7 Å². The number of hydrogen-bond acceptors (Lipinski definition) is 0. The van der Waals surface area contributed by atoms with Crippen molar-refractivity contribution in [2.45, 2.75) is 58.8 Å². The molecule has 3 atom stereocenters. The largest absolute Gasteiger partial charge is 0.103 e. The number of unbranched alkanes of at least 4 members (excludes halogenated alkanes) is 4. The molecule has 1 saturated carbocycles. The van der Waals surface area contributed by atoms with E-state index >= 15 is 0 Å². The molecule has 0 saturated heterocycles. The minimum atomic E-state index is 0.760. The Bertz CT molecular complexity index is 159. The molecule has 1 aliphatic rings. The lowest BCUT2D eigenvalue weighted by Crippen LogP contribution is -1.94. The van der Waals surface area contributed by atoms with Crippen LogP contribution in [0, 0.1) is 17.8 Å². The molecule has 3 unspecified atom stereocenters. The van der Waals surface area contributed by atoms with E-state index in [2.05, 4.69) is 26.5 Å². The summed E-state index contributed by atoms with van der Waals surface area (Å²) in [6.07, 6.45) is 12.2. The Morgan fingerprint density at radius 1 is 1.29 bits per heavy atom. The van der Waals surface area contributed by atoms with Crippen LogP contribution in [-0.4, -0.2) is 0 Å². The monoisotopic (exact) mass is 194 g/mol. The minimum absolute atomic E-state index is 0.760. The molecule has 0 nitrogen and oxygen atoms in total. The molecule has 1 rings (SSSR count). The third-order valence-electron chi connectivity index (χ3n) is 3.70. The highest BCUT2D eigenvalue weighted by molar-refractivity contribution is 4.95. The van der Waals surface area contributed by atoms with Crippen LogP contribution >= 0.6 is 0 Å². The van der Waals surface area contributed by atoms with Gasteiger partial charge in [0.2, 0.25) is 0 Å². The van der Waals surface area contributed by atoms with Gasteiger partial charge in [-0.3, -0.25) is 0 Å². The molecule has 0 aromatic heterocycles. The van der Waals surface area contributed by atoms with Crippen LogP contribution in [0.25, 0.3) is 0 Å². The molecule has 14 heavy (non-hydrogen) atoms. The van der Waals surface area contributed by atoms with Gasteiger partial charge in [-0.05, 0) is 24.2 Å². The Kier molecular flexibility index (Phi) is 5.29. The quantitative estimate of drug-likeness (QED) is 0.384. The van der Waals surface area contributed by atoms with E-state index in [-0.39, 0.29) is 0 Å². The minimum Gasteiger partial charge on any atom is -0.103 e. The third kappa shape index (κ3) is 3.86. The van der Waals surface area contributed by atoms with Crippen molar-refractivity contribution in [1.82, 2.24) is 0 Å². The average Bonchev–Trinajstić information content (AvgIpc) is 2.96. The number of allylic oxidation sites excluding steroid dienone is 1. The van der Waals surface area contributed by atoms with Crippen molar-refractivity contribution < 1.29 is 0 Å². The van der Waals surface area contributed by atoms with Crippen molar-refractivity contribution in [3.8, 4) is 0 Å². The molecule has 0 heterocycles. The zero-order valence-corrected chi connectivity index (χ0v) is 9.97. The van der Waals surface area contributed by atoms with Crippen molar-refractivity contribution >= 4 is 0 Å². The van der Waals surface area contributed by atoms with Crippen LogP contribution < -0.4 is 0 Å². The van der Waals surface area contributed by atoms with Gasteiger partial charge in [-0.15, -0.1) is 6.58 Å². The summed E-state index contributed by atoms with van der Waals surface area (Å²) in [7, 11) is 0. The Morgan fingerprint density at radius 3 is 2.64 bits per heavy atom. The maximum atomic E-state index is 3.88. The molecule has 0 N–H and O–H groups in total. The van der Waals surface area contributed by atoms with Crippen LogP contribution in [0.1, 0.15) is 58.8 Å². The molecule has 1 fully saturated rings. The fourth-order valence-electron chi connectivity index (χ4n) is 2.43. The first-order valence-electron chi connectivity index (χ1n) is 6.42. The van der Waals surface area contributed by atoms with Crippen molar-refractivity contribution in [2.75, 3.05) is 0 Å². The molecule has 0 heteroatoms. The summed E-state index contributed by atoms with van der Waals surface area (Å²) < 4.78 is 0. The van der Waals surface area contributed by atoms with Gasteiger partial charge in [0.25, 0.3) is 0 Å². The van der Waals surface area contributed by atoms with E-state index in [1.54, 1.807) is 0 Å². The molecule has 0 radical (unpaired) electrons. The molecule has 0 aromatic carbocycles. The molecular weight excluding hydrogens is 168 g/mol. The summed E-state index contributed by atoms with van der Waals surface area (Å²) >= 11 is 0. The molecule has 0 bridgehead atoms. The Hall–Kier alpha value is -0.260. The zero-order chi connectivity index (χ0) is 10.4. The highest BCUT2D eigenvalue weighted by atomic mass is 14.4. The van der Waals surface area contributed by atoms with Gasteiger partial charge in [0.05, 0.1) is 0 Å². The normalized spacial score (nSPS) is 27.3. The predicted molar refractivity (Wildman–Crippen MR) is 64.3 cm³/mol. The van der Waals surface area contributed by atoms with Gasteiger partial charge in [-0.1, -0.05) is 58.4 Å². The van der Waals surface area contributed by atoms with Gasteiger partial charge in [0, 0.05) is 0 Å². The van der Waals surface area contributed by atoms with E-state index in [4.69, 9.17) is 0 Å². The van der Waals surface area contributed by atoms with E-state index in [9.17, 15) is 0 Å². The Morgan fingerprint density at radius 2 is 2.00 bits per heavy atom. The summed E-state index contributed by atoms with van der Waals surface area (Å²) in [6.45, 7) is 8.47. The van der Waals surface area contributed by atoms with E-state index in [1.807, 2.05) is 0 Å². The lowest BCUT2D eigenvalue weighted by Gasteiger charge is -2.04. The lowest BCUT2D eigenvalue weighted by molar-refractivity contribution is 0.514. The second-order valence-corrected chi connectivity index (χ2v) is 4.96. The number of hydrogen-bond donors (Lipinski definition) is 0. The lowest BCUT2D eigenvalue weighted by atomic mass is 10.0. The van der Waals surface area contributed by atoms with Crippen LogP contribution in [0.2, 0.25) is 0 Å². The summed E-state index contributed by atoms with van der Waals surface area (Å²) in [6, 6.07) is 0. The Labute approximate surface area is 89.8 Å². The van der Waals surface area contributed by atoms with E-state index in [0.29, 0.717) is 0 Å². The maximum Gasteiger partial charge on any atom is -0.0234 e. The van der Waals surface area contributed by atoms with Crippen LogP contribution in [-0.2, 0) is 0 Å². The summed E-state index contributed by atoms with van der Waals surface area (Å²) in [5.41, 5.74) is 0. The molecular formula is C14H26. The van der Waals surface area contributed by atoms with Crippen molar-refractivity contribution in [2.24, 2.45) is 17.8 Å². The zero-order valence-electron chi connectivity index (χ0n) is 9.97. The first-order chi connectivity index (χ1) is 6.79. The molecule has 1 aliphatic carbocycles. The van der Waals surface area contributed by atoms with Gasteiger partial charge in [-0.25, -0.2) is 0 Å². The second-order valence-electron chi connectivity index (χ2n) is 4.96. The topological polar surface area (TPSA) is 0 Å². The van der Waals surface area contributed by atoms with E-state index < -0.39 is 0 Å². The standard InChI is InChI=1S/C14H26/c1-4-6-7-8-9-10-13-11-14(13)12(3)5-2/h5,12-14H,2,4,6-11H2,1,3H3. The molecule has 0 aromatic rings. The van der Waals surface area contributed by atoms with Crippen LogP contribution in [0.5, 0.6) is 0 Å². The van der Waals surface area contributed by atoms with Crippen LogP contribution in [0.4, 0.5) is 0 Å². The van der Waals surface area contributed by atoms with Crippen LogP contribution in [0.3, 0.4) is 0 Å². The van der Waals surface area contributed by atoms with Gasteiger partial charge < -0.3 is 0 Å². The number of rotatable bonds is 8. The van der Waals surface area contributed by atoms with Gasteiger partial charge in [-0.2, -0.15) is 0 Å². The molecule has 0 spiro atoms. The second kappa shape index (κ2) is 6.27. The Balaban J connectivity index is 1.92. The average molecular weight is 194 g/mol. The summed E-state index contributed by atoms with van der Waals surface area (Å²) in [4.78, 5) is 0. The maximum absolute atomic E-state index is 3.88. The van der Waals surface area contributed by atoms with Gasteiger partial charge >= 0.3 is 0 Å². The molecule has 0 aliphatic heterocycles. The smallest absolute Gasteiger partial charge is 0.0234 e. The molecule has 0 amide bonds. The third-order valence-corrected chi connectivity index (χ3v) is 3.70. The fourth-order valence-corrected chi connectivity index (χ4v) is 2.43. The first kappa shape index (κ1) is 11.8. The fraction of sp³-hybridized carbons (Fsp3) is 0.857. The van der Waals surface area contributed by atoms with Crippen molar-refractivity contribution in [1.29, 1.82) is 0 Å². The SMILES string of the molecule is C=CC(C)C1CC1CCCCCCC. The van der Waals surface area contributed by atoms with E-state index in [1.165, 1.54) is 44.9 Å². The summed E-state index contributed by atoms with van der Waals surface area (Å²) in [5, 5.41) is 0. The molecule has 82 valence electrons. The highest BCUT2D eigenvalue weighted by Crippen LogP contribution is 2.47. The van der Waals surface area contributed by atoms with E-state index in [0.717, 1.165) is 17.8 Å². The summed E-state index contributed by atoms with van der Waals surface area (Å²) in [5.74, 6) is 2.79. The van der Waals surface area contributed by atoms with Crippen LogP contribution in [0.15, 0.2) is 12.7 Å². The van der Waals surface area contributed by atoms with Crippen molar-refractivity contribution in [3.63, 3.8) is 0 Å². The predicted octanol–water partition coefficient (Wildman–Crippen LogP) is 4.81. The first-order valence-corrected chi connectivity index (χ1v) is 6.42.